The Morgan fingerprint density at radius 2 is 1.85 bits per heavy atom. The molecule has 2 saturated heterocycles. The lowest BCUT2D eigenvalue weighted by Crippen LogP contribution is -2.54. The number of carboxylic acids is 1. The number of rotatable bonds is 5. The minimum atomic E-state index is -1.14. The summed E-state index contributed by atoms with van der Waals surface area (Å²) >= 11 is 0. The summed E-state index contributed by atoms with van der Waals surface area (Å²) in [5.41, 5.74) is 7.03. The highest BCUT2D eigenvalue weighted by molar-refractivity contribution is 5.92. The van der Waals surface area contributed by atoms with E-state index in [1.807, 2.05) is 30.3 Å². The number of aliphatic hydroxyl groups is 1. The van der Waals surface area contributed by atoms with Crippen LogP contribution in [0.15, 0.2) is 30.3 Å². The number of amides is 2. The molecule has 0 unspecified atom stereocenters. The molecular weight excluding hydrogens is 350 g/mol. The number of hydrogen-bond donors (Lipinski definition) is 3. The Morgan fingerprint density at radius 3 is 2.52 bits per heavy atom. The van der Waals surface area contributed by atoms with Crippen molar-refractivity contribution in [2.45, 2.75) is 49.9 Å². The average molecular weight is 375 g/mol. The monoisotopic (exact) mass is 375 g/mol. The van der Waals surface area contributed by atoms with Gasteiger partial charge in [0.1, 0.15) is 12.1 Å². The zero-order chi connectivity index (χ0) is 19.6. The standard InChI is InChI=1S/C19H25N3O5/c20-14(9-12-5-2-1-3-6-12)17(24)21-8-4-7-15(21)18(25)22-11-13(23)10-16(22)19(26)27/h1-3,5-6,13-16,23H,4,7-11,20H2,(H,26,27)/t13-,14+,15+,16+/m1/s1. The third-order valence-electron chi connectivity index (χ3n) is 5.28. The number of β-amino-alcohol motifs (C(OH)–C–C–N with tert-alkyl or cyclic N) is 1. The highest BCUT2D eigenvalue weighted by Gasteiger charge is 2.45. The summed E-state index contributed by atoms with van der Waals surface area (Å²) in [6.07, 6.45) is 0.656. The lowest BCUT2D eigenvalue weighted by molar-refractivity contribution is -0.152. The first kappa shape index (κ1) is 19.3. The molecular formula is C19H25N3O5. The fourth-order valence-corrected chi connectivity index (χ4v) is 3.94. The number of benzene rings is 1. The lowest BCUT2D eigenvalue weighted by Gasteiger charge is -2.31. The highest BCUT2D eigenvalue weighted by Crippen LogP contribution is 2.26. The van der Waals surface area contributed by atoms with Crippen LogP contribution < -0.4 is 5.73 Å². The van der Waals surface area contributed by atoms with E-state index in [2.05, 4.69) is 0 Å². The lowest BCUT2D eigenvalue weighted by atomic mass is 10.0. The number of likely N-dealkylation sites (tertiary alicyclic amines) is 2. The molecule has 8 nitrogen and oxygen atoms in total. The first-order chi connectivity index (χ1) is 12.9. The van der Waals surface area contributed by atoms with Crippen molar-refractivity contribution in [3.8, 4) is 0 Å². The zero-order valence-corrected chi connectivity index (χ0v) is 15.0. The predicted molar refractivity (Wildman–Crippen MR) is 96.6 cm³/mol. The molecule has 1 aromatic carbocycles. The van der Waals surface area contributed by atoms with Gasteiger partial charge in [0.2, 0.25) is 11.8 Å². The van der Waals surface area contributed by atoms with Crippen molar-refractivity contribution in [3.63, 3.8) is 0 Å². The van der Waals surface area contributed by atoms with Crippen LogP contribution in [0.4, 0.5) is 0 Å². The van der Waals surface area contributed by atoms with Crippen LogP contribution in [0.2, 0.25) is 0 Å². The van der Waals surface area contributed by atoms with Gasteiger partial charge in [-0.2, -0.15) is 0 Å². The van der Waals surface area contributed by atoms with Crippen LogP contribution in [0.3, 0.4) is 0 Å². The maximum absolute atomic E-state index is 12.9. The van der Waals surface area contributed by atoms with Crippen LogP contribution in [0.5, 0.6) is 0 Å². The normalized spacial score (nSPS) is 26.2. The second kappa shape index (κ2) is 8.06. The minimum absolute atomic E-state index is 0.00919. The topological polar surface area (TPSA) is 124 Å². The highest BCUT2D eigenvalue weighted by atomic mass is 16.4. The van der Waals surface area contributed by atoms with E-state index in [1.54, 1.807) is 0 Å². The molecule has 2 aliphatic heterocycles. The minimum Gasteiger partial charge on any atom is -0.480 e. The number of carboxylic acid groups (broad SMARTS) is 1. The van der Waals surface area contributed by atoms with Crippen LogP contribution in [0.25, 0.3) is 0 Å². The number of aliphatic hydroxyl groups excluding tert-OH is 1. The Bertz CT molecular complexity index is 711. The van der Waals surface area contributed by atoms with Crippen LogP contribution >= 0.6 is 0 Å². The largest absolute Gasteiger partial charge is 0.480 e. The smallest absolute Gasteiger partial charge is 0.326 e. The molecule has 1 aromatic rings. The van der Waals surface area contributed by atoms with Crippen molar-refractivity contribution in [2.24, 2.45) is 5.73 Å². The molecule has 0 saturated carbocycles. The molecule has 8 heteroatoms. The molecule has 27 heavy (non-hydrogen) atoms. The molecule has 2 fully saturated rings. The fraction of sp³-hybridized carbons (Fsp3) is 0.526. The summed E-state index contributed by atoms with van der Waals surface area (Å²) in [6.45, 7) is 0.399. The van der Waals surface area contributed by atoms with E-state index in [9.17, 15) is 24.6 Å². The van der Waals surface area contributed by atoms with Gasteiger partial charge in [0.05, 0.1) is 12.1 Å². The van der Waals surface area contributed by atoms with E-state index in [4.69, 9.17) is 5.73 Å². The van der Waals surface area contributed by atoms with Gasteiger partial charge in [-0.25, -0.2) is 4.79 Å². The SMILES string of the molecule is N[C@@H](Cc1ccccc1)C(=O)N1CCC[C@H]1C(=O)N1C[C@H](O)C[C@H]1C(=O)O. The van der Waals surface area contributed by atoms with Crippen LogP contribution in [-0.4, -0.2) is 75.1 Å². The van der Waals surface area contributed by atoms with E-state index >= 15 is 0 Å². The molecule has 146 valence electrons. The van der Waals surface area contributed by atoms with E-state index in [0.29, 0.717) is 25.8 Å². The fourth-order valence-electron chi connectivity index (χ4n) is 3.94. The summed E-state index contributed by atoms with van der Waals surface area (Å²) in [4.78, 5) is 39.8. The van der Waals surface area contributed by atoms with Gasteiger partial charge in [0.15, 0.2) is 0 Å². The molecule has 4 N–H and O–H groups in total. The molecule has 2 aliphatic rings. The van der Waals surface area contributed by atoms with Gasteiger partial charge < -0.3 is 25.7 Å². The molecule has 0 aliphatic carbocycles. The summed E-state index contributed by atoms with van der Waals surface area (Å²) in [6, 6.07) is 6.88. The molecule has 3 rings (SSSR count). The van der Waals surface area contributed by atoms with Crippen LogP contribution in [-0.2, 0) is 20.8 Å². The molecule has 2 amide bonds. The number of hydrogen-bond acceptors (Lipinski definition) is 5. The summed E-state index contributed by atoms with van der Waals surface area (Å²) in [5.74, 6) is -1.87. The van der Waals surface area contributed by atoms with Gasteiger partial charge >= 0.3 is 5.97 Å². The van der Waals surface area contributed by atoms with Crippen molar-refractivity contribution >= 4 is 17.8 Å². The van der Waals surface area contributed by atoms with Gasteiger partial charge in [-0.1, -0.05) is 30.3 Å². The van der Waals surface area contributed by atoms with Gasteiger partial charge in [0.25, 0.3) is 0 Å². The maximum atomic E-state index is 12.9. The van der Waals surface area contributed by atoms with Gasteiger partial charge in [0, 0.05) is 19.5 Å². The molecule has 2 heterocycles. The number of carbonyl (C=O) groups is 3. The van der Waals surface area contributed by atoms with E-state index < -0.39 is 36.1 Å². The number of carbonyl (C=O) groups excluding carboxylic acids is 2. The van der Waals surface area contributed by atoms with E-state index in [0.717, 1.165) is 5.56 Å². The van der Waals surface area contributed by atoms with Crippen LogP contribution in [0.1, 0.15) is 24.8 Å². The third kappa shape index (κ3) is 4.12. The number of nitrogens with two attached hydrogens (primary N) is 1. The first-order valence-corrected chi connectivity index (χ1v) is 9.20. The van der Waals surface area contributed by atoms with Crippen molar-refractivity contribution in [1.29, 1.82) is 0 Å². The Hall–Kier alpha value is -2.45. The number of aliphatic carboxylic acids is 1. The summed E-state index contributed by atoms with van der Waals surface area (Å²) in [5, 5.41) is 19.1. The van der Waals surface area contributed by atoms with Crippen molar-refractivity contribution in [3.05, 3.63) is 35.9 Å². The second-order valence-electron chi connectivity index (χ2n) is 7.22. The average Bonchev–Trinajstić information content (AvgIpc) is 3.28. The summed E-state index contributed by atoms with van der Waals surface area (Å²) in [7, 11) is 0. The van der Waals surface area contributed by atoms with Crippen molar-refractivity contribution < 1.29 is 24.6 Å². The van der Waals surface area contributed by atoms with Gasteiger partial charge in [-0.05, 0) is 24.8 Å². The molecule has 0 radical (unpaired) electrons. The molecule has 4 atom stereocenters. The Labute approximate surface area is 157 Å². The summed E-state index contributed by atoms with van der Waals surface area (Å²) < 4.78 is 0. The maximum Gasteiger partial charge on any atom is 0.326 e. The first-order valence-electron chi connectivity index (χ1n) is 9.20. The van der Waals surface area contributed by atoms with Gasteiger partial charge in [-0.3, -0.25) is 9.59 Å². The zero-order valence-electron chi connectivity index (χ0n) is 15.0. The Kier molecular flexibility index (Phi) is 5.76. The molecule has 0 spiro atoms. The number of nitrogens with zero attached hydrogens (tertiary/aromatic N) is 2. The van der Waals surface area contributed by atoms with E-state index in [1.165, 1.54) is 9.80 Å². The van der Waals surface area contributed by atoms with Crippen molar-refractivity contribution in [1.82, 2.24) is 9.80 Å². The predicted octanol–water partition coefficient (Wildman–Crippen LogP) is -0.406. The third-order valence-corrected chi connectivity index (χ3v) is 5.28. The Morgan fingerprint density at radius 1 is 1.15 bits per heavy atom. The Balaban J connectivity index is 1.69. The second-order valence-corrected chi connectivity index (χ2v) is 7.22. The molecule has 0 bridgehead atoms. The molecule has 0 aromatic heterocycles. The quantitative estimate of drug-likeness (QED) is 0.643. The van der Waals surface area contributed by atoms with E-state index in [-0.39, 0.29) is 18.9 Å². The van der Waals surface area contributed by atoms with Crippen molar-refractivity contribution in [2.75, 3.05) is 13.1 Å². The van der Waals surface area contributed by atoms with Gasteiger partial charge in [-0.15, -0.1) is 0 Å². The van der Waals surface area contributed by atoms with Crippen LogP contribution in [0, 0.1) is 0 Å².